The van der Waals surface area contributed by atoms with Crippen molar-refractivity contribution in [2.24, 2.45) is 0 Å². The van der Waals surface area contributed by atoms with Crippen molar-refractivity contribution in [1.29, 1.82) is 0 Å². The minimum absolute atomic E-state index is 0.0487. The van der Waals surface area contributed by atoms with Crippen LogP contribution in [0.2, 0.25) is 0 Å². The summed E-state index contributed by atoms with van der Waals surface area (Å²) < 4.78 is 0. The largest absolute Gasteiger partial charge is 0.481 e. The Labute approximate surface area is 237 Å². The Morgan fingerprint density at radius 3 is 1.40 bits per heavy atom. The number of amides is 1. The number of hydrogen-bond donors (Lipinski definition) is 7. The second-order valence-corrected chi connectivity index (χ2v) is 10.4. The number of carbonyl (C=O) groups excluding carboxylic acids is 1. The molecule has 0 aliphatic heterocycles. The van der Waals surface area contributed by atoms with Gasteiger partial charge in [-0.15, -0.1) is 0 Å². The molecular weight excluding hydrogens is 522 g/mol. The first-order chi connectivity index (χ1) is 19.1. The van der Waals surface area contributed by atoms with E-state index in [0.717, 1.165) is 25.7 Å². The van der Waals surface area contributed by atoms with Gasteiger partial charge in [0.25, 0.3) is 0 Å². The van der Waals surface area contributed by atoms with E-state index in [0.29, 0.717) is 6.54 Å². The minimum Gasteiger partial charge on any atom is -0.481 e. The molecule has 40 heavy (non-hydrogen) atoms. The van der Waals surface area contributed by atoms with Crippen LogP contribution >= 0.6 is 0 Å². The van der Waals surface area contributed by atoms with Gasteiger partial charge in [0.1, 0.15) is 12.1 Å². The van der Waals surface area contributed by atoms with Gasteiger partial charge in [-0.3, -0.25) is 19.2 Å². The van der Waals surface area contributed by atoms with Crippen molar-refractivity contribution >= 4 is 29.8 Å². The number of unbranched alkanes of at least 4 members (excludes halogenated alkanes) is 13. The van der Waals surface area contributed by atoms with Crippen molar-refractivity contribution in [1.82, 2.24) is 16.0 Å². The van der Waals surface area contributed by atoms with Crippen molar-refractivity contribution in [2.45, 2.75) is 134 Å². The molecule has 3 unspecified atom stereocenters. The molecule has 0 aromatic carbocycles. The molecule has 0 bridgehead atoms. The van der Waals surface area contributed by atoms with Gasteiger partial charge in [0.15, 0.2) is 0 Å². The van der Waals surface area contributed by atoms with Gasteiger partial charge in [-0.2, -0.15) is 0 Å². The average molecular weight is 574 g/mol. The molecule has 12 nitrogen and oxygen atoms in total. The van der Waals surface area contributed by atoms with Gasteiger partial charge in [-0.25, -0.2) is 4.79 Å². The van der Waals surface area contributed by atoms with E-state index in [-0.39, 0.29) is 13.0 Å². The van der Waals surface area contributed by atoms with Crippen LogP contribution in [0.5, 0.6) is 0 Å². The Balaban J connectivity index is 4.46. The highest BCUT2D eigenvalue weighted by Crippen LogP contribution is 2.13. The normalized spacial score (nSPS) is 13.3. The molecule has 0 aliphatic rings. The Kier molecular flexibility index (Phi) is 22.5. The maximum Gasteiger partial charge on any atom is 0.326 e. The van der Waals surface area contributed by atoms with Crippen LogP contribution in [0.3, 0.4) is 0 Å². The summed E-state index contributed by atoms with van der Waals surface area (Å²) in [5.74, 6) is -6.19. The third-order valence-corrected chi connectivity index (χ3v) is 6.69. The zero-order valence-corrected chi connectivity index (χ0v) is 24.0. The number of nitrogens with one attached hydrogen (secondary N) is 3. The summed E-state index contributed by atoms with van der Waals surface area (Å²) in [6, 6.07) is -3.57. The molecule has 0 aliphatic carbocycles. The smallest absolute Gasteiger partial charge is 0.326 e. The first-order valence-electron chi connectivity index (χ1n) is 14.7. The quantitative estimate of drug-likeness (QED) is 0.0676. The highest BCUT2D eigenvalue weighted by Gasteiger charge is 2.26. The number of aliphatic carboxylic acids is 4. The molecule has 0 saturated heterocycles. The van der Waals surface area contributed by atoms with E-state index in [1.54, 1.807) is 0 Å². The van der Waals surface area contributed by atoms with Crippen LogP contribution in [0.25, 0.3) is 0 Å². The second-order valence-electron chi connectivity index (χ2n) is 10.4. The fourth-order valence-electron chi connectivity index (χ4n) is 4.40. The van der Waals surface area contributed by atoms with Crippen LogP contribution in [0.15, 0.2) is 0 Å². The molecule has 232 valence electrons. The van der Waals surface area contributed by atoms with Crippen LogP contribution in [-0.4, -0.2) is 81.4 Å². The lowest BCUT2D eigenvalue weighted by Crippen LogP contribution is -2.49. The molecule has 0 radical (unpaired) electrons. The average Bonchev–Trinajstić information content (AvgIpc) is 2.87. The summed E-state index contributed by atoms with van der Waals surface area (Å²) in [5, 5.41) is 44.2. The maximum atomic E-state index is 12.4. The molecule has 0 aromatic heterocycles. The number of hydrogen-bond acceptors (Lipinski definition) is 7. The summed E-state index contributed by atoms with van der Waals surface area (Å²) >= 11 is 0. The predicted molar refractivity (Wildman–Crippen MR) is 150 cm³/mol. The number of rotatable bonds is 28. The lowest BCUT2D eigenvalue weighted by molar-refractivity contribution is -0.147. The third kappa shape index (κ3) is 22.1. The zero-order chi connectivity index (χ0) is 30.2. The molecule has 3 atom stereocenters. The Morgan fingerprint density at radius 1 is 0.550 bits per heavy atom. The van der Waals surface area contributed by atoms with Crippen LogP contribution in [0.1, 0.15) is 116 Å². The number of carbonyl (C=O) groups is 5. The number of carboxylic acid groups (broad SMARTS) is 4. The van der Waals surface area contributed by atoms with Crippen molar-refractivity contribution in [3.8, 4) is 0 Å². The molecule has 0 fully saturated rings. The molecular formula is C28H51N3O9. The van der Waals surface area contributed by atoms with Gasteiger partial charge in [0, 0.05) is 19.0 Å². The predicted octanol–water partition coefficient (Wildman–Crippen LogP) is 3.38. The van der Waals surface area contributed by atoms with Gasteiger partial charge >= 0.3 is 23.9 Å². The SMILES string of the molecule is CCCCCCCCCCCCCCCCNC(CNC(CC(=O)O)C(=O)O)CC(=O)NC(CC(=O)O)C(=O)O. The van der Waals surface area contributed by atoms with E-state index in [1.165, 1.54) is 64.2 Å². The molecule has 12 heteroatoms. The molecule has 7 N–H and O–H groups in total. The number of carboxylic acids is 4. The Morgan fingerprint density at radius 2 is 0.975 bits per heavy atom. The summed E-state index contributed by atoms with van der Waals surface area (Å²) in [4.78, 5) is 56.9. The fourth-order valence-corrected chi connectivity index (χ4v) is 4.40. The molecule has 0 aromatic rings. The summed E-state index contributed by atoms with van der Waals surface area (Å²) in [7, 11) is 0. The van der Waals surface area contributed by atoms with Gasteiger partial charge < -0.3 is 36.4 Å². The summed E-state index contributed by atoms with van der Waals surface area (Å²) in [5.41, 5.74) is 0. The van der Waals surface area contributed by atoms with E-state index in [9.17, 15) is 29.1 Å². The highest BCUT2D eigenvalue weighted by molar-refractivity contribution is 5.87. The molecule has 0 rings (SSSR count). The van der Waals surface area contributed by atoms with Crippen molar-refractivity contribution < 1.29 is 44.4 Å². The topological polar surface area (TPSA) is 202 Å². The zero-order valence-electron chi connectivity index (χ0n) is 24.0. The second kappa shape index (κ2) is 24.1. The van der Waals surface area contributed by atoms with Gasteiger partial charge in [0.2, 0.25) is 5.91 Å². The van der Waals surface area contributed by atoms with E-state index in [2.05, 4.69) is 22.9 Å². The van der Waals surface area contributed by atoms with Crippen LogP contribution in [-0.2, 0) is 24.0 Å². The standard InChI is InChI=1S/C28H51N3O9/c1-2-3-4-5-6-7-8-9-10-11-12-13-14-15-16-29-21(20-30-22(27(37)38)18-25(33)34)17-24(32)31-23(28(39)40)19-26(35)36/h21-23,29-30H,2-20H2,1H3,(H,31,32)(H,33,34)(H,35,36)(H,37,38)(H,39,40). The van der Waals surface area contributed by atoms with E-state index in [1.807, 2.05) is 0 Å². The monoisotopic (exact) mass is 573 g/mol. The van der Waals surface area contributed by atoms with E-state index >= 15 is 0 Å². The lowest BCUT2D eigenvalue weighted by atomic mass is 10.0. The lowest BCUT2D eigenvalue weighted by Gasteiger charge is -2.22. The maximum absolute atomic E-state index is 12.4. The van der Waals surface area contributed by atoms with Crippen molar-refractivity contribution in [3.05, 3.63) is 0 Å². The minimum atomic E-state index is -1.59. The summed E-state index contributed by atoms with van der Waals surface area (Å²) in [6.07, 6.45) is 15.4. The highest BCUT2D eigenvalue weighted by atomic mass is 16.4. The molecule has 0 spiro atoms. The van der Waals surface area contributed by atoms with Gasteiger partial charge in [-0.05, 0) is 13.0 Å². The first kappa shape index (κ1) is 37.3. The first-order valence-corrected chi connectivity index (χ1v) is 14.7. The molecule has 0 heterocycles. The third-order valence-electron chi connectivity index (χ3n) is 6.69. The summed E-state index contributed by atoms with van der Waals surface area (Å²) in [6.45, 7) is 2.71. The molecule has 0 saturated carbocycles. The van der Waals surface area contributed by atoms with E-state index < -0.39 is 60.8 Å². The Hall–Kier alpha value is -2.73. The van der Waals surface area contributed by atoms with Crippen LogP contribution in [0.4, 0.5) is 0 Å². The molecule has 1 amide bonds. The van der Waals surface area contributed by atoms with Crippen molar-refractivity contribution in [3.63, 3.8) is 0 Å². The Bertz CT molecular complexity index is 749. The van der Waals surface area contributed by atoms with Crippen molar-refractivity contribution in [2.75, 3.05) is 13.1 Å². The van der Waals surface area contributed by atoms with E-state index in [4.69, 9.17) is 15.3 Å². The van der Waals surface area contributed by atoms with Crippen LogP contribution in [0, 0.1) is 0 Å². The van der Waals surface area contributed by atoms with Gasteiger partial charge in [-0.1, -0.05) is 90.4 Å². The van der Waals surface area contributed by atoms with Crippen LogP contribution < -0.4 is 16.0 Å². The van der Waals surface area contributed by atoms with Gasteiger partial charge in [0.05, 0.1) is 12.8 Å². The fraction of sp³-hybridized carbons (Fsp3) is 0.821.